The molecule has 10 heteroatoms. The van der Waals surface area contributed by atoms with Crippen LogP contribution < -0.4 is 21.3 Å². The van der Waals surface area contributed by atoms with Crippen LogP contribution in [0.1, 0.15) is 41.9 Å². The molecule has 29 heavy (non-hydrogen) atoms. The average molecular weight is 465 g/mol. The summed E-state index contributed by atoms with van der Waals surface area (Å²) in [6, 6.07) is 6.65. The molecule has 2 saturated heterocycles. The number of benzene rings is 1. The molecule has 3 rings (SSSR count). The molecule has 2 aliphatic heterocycles. The highest BCUT2D eigenvalue weighted by molar-refractivity contribution is 6.68. The summed E-state index contributed by atoms with van der Waals surface area (Å²) in [5, 5.41) is 22.5. The van der Waals surface area contributed by atoms with Crippen LogP contribution in [-0.2, 0) is 0 Å². The Morgan fingerprint density at radius 3 is 2.38 bits per heavy atom. The fourth-order valence-electron chi connectivity index (χ4n) is 3.75. The number of aromatic carboxylic acids is 1. The number of likely N-dealkylation sites (tertiary alicyclic amines) is 1. The molecule has 0 aromatic heterocycles. The molecule has 0 spiro atoms. The summed E-state index contributed by atoms with van der Waals surface area (Å²) in [6.07, 6.45) is 1.18. The number of rotatable bonds is 6. The van der Waals surface area contributed by atoms with Crippen molar-refractivity contribution in [3.8, 4) is 0 Å². The topological polar surface area (TPSA) is 88.7 Å². The summed E-state index contributed by atoms with van der Waals surface area (Å²) in [5.41, 5.74) is 1.09. The summed E-state index contributed by atoms with van der Waals surface area (Å²) in [4.78, 5) is 13.6. The summed E-state index contributed by atoms with van der Waals surface area (Å²) in [7, 11) is 0. The summed E-state index contributed by atoms with van der Waals surface area (Å²) in [5.74, 6) is -0.355. The van der Waals surface area contributed by atoms with Crippen molar-refractivity contribution in [1.29, 1.82) is 0 Å². The van der Waals surface area contributed by atoms with E-state index in [0.29, 0.717) is 5.92 Å². The van der Waals surface area contributed by atoms with Gasteiger partial charge in [0.05, 0.1) is 11.7 Å². The molecule has 2 fully saturated rings. The quantitative estimate of drug-likeness (QED) is 0.413. The van der Waals surface area contributed by atoms with E-state index in [-0.39, 0.29) is 18.0 Å². The van der Waals surface area contributed by atoms with E-state index in [1.807, 2.05) is 0 Å². The lowest BCUT2D eigenvalue weighted by atomic mass is 9.97. The van der Waals surface area contributed by atoms with Crippen LogP contribution in [0.3, 0.4) is 0 Å². The highest BCUT2D eigenvalue weighted by atomic mass is 35.6. The number of nitrogens with zero attached hydrogens (tertiary/aromatic N) is 1. The largest absolute Gasteiger partial charge is 0.478 e. The van der Waals surface area contributed by atoms with Gasteiger partial charge in [-0.25, -0.2) is 4.79 Å². The molecule has 162 valence electrons. The van der Waals surface area contributed by atoms with Crippen molar-refractivity contribution in [2.45, 2.75) is 42.2 Å². The Morgan fingerprint density at radius 2 is 1.83 bits per heavy atom. The van der Waals surface area contributed by atoms with Gasteiger partial charge in [0.2, 0.25) is 3.79 Å². The molecule has 0 bridgehead atoms. The number of alkyl halides is 3. The first kappa shape index (κ1) is 23.0. The van der Waals surface area contributed by atoms with E-state index >= 15 is 0 Å². The zero-order valence-corrected chi connectivity index (χ0v) is 18.6. The number of carboxylic acid groups (broad SMARTS) is 1. The van der Waals surface area contributed by atoms with Crippen LogP contribution in [0.4, 0.5) is 0 Å². The van der Waals surface area contributed by atoms with Crippen molar-refractivity contribution in [3.63, 3.8) is 0 Å². The molecule has 0 aliphatic carbocycles. The normalized spacial score (nSPS) is 27.1. The Hall–Kier alpha value is -0.640. The third-order valence-corrected chi connectivity index (χ3v) is 6.24. The van der Waals surface area contributed by atoms with E-state index < -0.39 is 15.9 Å². The lowest BCUT2D eigenvalue weighted by Crippen LogP contribution is -2.71. The van der Waals surface area contributed by atoms with Crippen LogP contribution in [0.25, 0.3) is 0 Å². The second-order valence-electron chi connectivity index (χ2n) is 7.55. The molecular weight excluding hydrogens is 437 g/mol. The molecule has 0 radical (unpaired) electrons. The summed E-state index contributed by atoms with van der Waals surface area (Å²) < 4.78 is -1.55. The highest BCUT2D eigenvalue weighted by Crippen LogP contribution is 2.31. The Bertz CT molecular complexity index is 677. The van der Waals surface area contributed by atoms with Gasteiger partial charge in [-0.3, -0.25) is 21.3 Å². The van der Waals surface area contributed by atoms with Gasteiger partial charge in [-0.15, -0.1) is 0 Å². The van der Waals surface area contributed by atoms with E-state index in [2.05, 4.69) is 33.1 Å². The lowest BCUT2D eigenvalue weighted by Gasteiger charge is -2.42. The van der Waals surface area contributed by atoms with Crippen molar-refractivity contribution >= 4 is 40.8 Å². The van der Waals surface area contributed by atoms with Crippen LogP contribution >= 0.6 is 34.8 Å². The zero-order chi connectivity index (χ0) is 21.0. The minimum atomic E-state index is -1.55. The van der Waals surface area contributed by atoms with Crippen LogP contribution in [0, 0.1) is 5.92 Å². The van der Waals surface area contributed by atoms with Crippen molar-refractivity contribution in [3.05, 3.63) is 35.4 Å². The van der Waals surface area contributed by atoms with E-state index in [0.717, 1.165) is 31.7 Å². The number of piperidine rings is 1. The number of nitrogens with one attached hydrogen (secondary N) is 4. The second kappa shape index (κ2) is 10.1. The van der Waals surface area contributed by atoms with Gasteiger partial charge in [-0.2, -0.15) is 0 Å². The van der Waals surface area contributed by atoms with E-state index in [1.165, 1.54) is 12.8 Å². The zero-order valence-electron chi connectivity index (χ0n) is 16.3. The first-order valence-corrected chi connectivity index (χ1v) is 11.0. The summed E-state index contributed by atoms with van der Waals surface area (Å²) >= 11 is 18.4. The van der Waals surface area contributed by atoms with Crippen molar-refractivity contribution in [2.75, 3.05) is 26.2 Å². The number of hydrogen-bond donors (Lipinski definition) is 5. The van der Waals surface area contributed by atoms with Gasteiger partial charge < -0.3 is 10.0 Å². The monoisotopic (exact) mass is 463 g/mol. The average Bonchev–Trinajstić information content (AvgIpc) is 2.72. The fourth-order valence-corrected chi connectivity index (χ4v) is 4.13. The molecule has 0 saturated carbocycles. The molecule has 3 atom stereocenters. The third-order valence-electron chi connectivity index (χ3n) is 5.58. The van der Waals surface area contributed by atoms with Gasteiger partial charge in [0, 0.05) is 6.54 Å². The molecule has 1 aromatic carbocycles. The first-order valence-electron chi connectivity index (χ1n) is 9.90. The van der Waals surface area contributed by atoms with Crippen molar-refractivity contribution < 1.29 is 9.90 Å². The Kier molecular flexibility index (Phi) is 8.03. The van der Waals surface area contributed by atoms with Crippen LogP contribution in [-0.4, -0.2) is 58.4 Å². The van der Waals surface area contributed by atoms with Gasteiger partial charge in [0.1, 0.15) is 12.5 Å². The first-order chi connectivity index (χ1) is 13.8. The summed E-state index contributed by atoms with van der Waals surface area (Å²) in [6.45, 7) is 6.42. The Morgan fingerprint density at radius 1 is 1.17 bits per heavy atom. The number of halogens is 3. The number of hydrogen-bond acceptors (Lipinski definition) is 6. The van der Waals surface area contributed by atoms with E-state index in [4.69, 9.17) is 39.9 Å². The van der Waals surface area contributed by atoms with Crippen molar-refractivity contribution in [2.24, 2.45) is 5.92 Å². The van der Waals surface area contributed by atoms with Gasteiger partial charge in [0.15, 0.2) is 0 Å². The van der Waals surface area contributed by atoms with Crippen molar-refractivity contribution in [1.82, 2.24) is 26.2 Å². The maximum Gasteiger partial charge on any atom is 0.335 e. The van der Waals surface area contributed by atoms with Gasteiger partial charge in [-0.1, -0.05) is 53.9 Å². The molecule has 2 aliphatic rings. The smallest absolute Gasteiger partial charge is 0.335 e. The fraction of sp³-hybridized carbons (Fsp3) is 0.632. The van der Waals surface area contributed by atoms with Gasteiger partial charge in [-0.05, 0) is 56.1 Å². The molecule has 0 amide bonds. The maximum atomic E-state index is 11.1. The number of carbonyl (C=O) groups is 1. The molecule has 7 nitrogen and oxygen atoms in total. The predicted molar refractivity (Wildman–Crippen MR) is 116 cm³/mol. The van der Waals surface area contributed by atoms with Crippen LogP contribution in [0.15, 0.2) is 24.3 Å². The molecule has 3 unspecified atom stereocenters. The minimum Gasteiger partial charge on any atom is -0.478 e. The third kappa shape index (κ3) is 6.42. The Balaban J connectivity index is 1.63. The number of carboxylic acids is 1. The maximum absolute atomic E-state index is 11.1. The standard InChI is InChI=1S/C19H28Cl3N5O2/c1-2-27-9-7-12(8-10-27)11-23-18-25-15(24-17(26-18)19(20,21)22)13-3-5-14(6-4-13)16(28)29/h3-6,12,15,17-18,23-26H,2,7-11H2,1H3,(H,28,29). The minimum absolute atomic E-state index is 0.230. The second-order valence-corrected chi connectivity index (χ2v) is 9.92. The predicted octanol–water partition coefficient (Wildman–Crippen LogP) is 2.47. The molecule has 2 heterocycles. The molecule has 1 aromatic rings. The van der Waals surface area contributed by atoms with Crippen LogP contribution in [0.2, 0.25) is 0 Å². The molecule has 5 N–H and O–H groups in total. The van der Waals surface area contributed by atoms with Gasteiger partial charge >= 0.3 is 5.97 Å². The van der Waals surface area contributed by atoms with Gasteiger partial charge in [0.25, 0.3) is 0 Å². The molecular formula is C19H28Cl3N5O2. The Labute approximate surface area is 186 Å². The lowest BCUT2D eigenvalue weighted by molar-refractivity contribution is 0.0696. The van der Waals surface area contributed by atoms with E-state index in [1.54, 1.807) is 24.3 Å². The van der Waals surface area contributed by atoms with Crippen LogP contribution in [0.5, 0.6) is 0 Å². The highest BCUT2D eigenvalue weighted by Gasteiger charge is 2.39. The van der Waals surface area contributed by atoms with E-state index in [9.17, 15) is 4.79 Å². The SMILES string of the molecule is CCN1CCC(CNC2NC(c3ccc(C(=O)O)cc3)NC(C(Cl)(Cl)Cl)N2)CC1.